The first-order chi connectivity index (χ1) is 5.07. The lowest BCUT2D eigenvalue weighted by atomic mass is 10.1. The molecule has 0 aromatic carbocycles. The number of aliphatic imine (C=N–C) groups is 1. The van der Waals surface area contributed by atoms with Crippen LogP contribution in [0.4, 0.5) is 0 Å². The van der Waals surface area contributed by atoms with Gasteiger partial charge in [-0.3, -0.25) is 4.99 Å². The van der Waals surface area contributed by atoms with Gasteiger partial charge in [-0.25, -0.2) is 0 Å². The van der Waals surface area contributed by atoms with E-state index in [4.69, 9.17) is 5.73 Å². The van der Waals surface area contributed by atoms with Crippen molar-refractivity contribution < 1.29 is 0 Å². The normalized spacial score (nSPS) is 14.3. The van der Waals surface area contributed by atoms with E-state index in [1.54, 1.807) is 7.05 Å². The van der Waals surface area contributed by atoms with E-state index >= 15 is 0 Å². The van der Waals surface area contributed by atoms with Gasteiger partial charge >= 0.3 is 0 Å². The Morgan fingerprint density at radius 3 is 2.45 bits per heavy atom. The maximum absolute atomic E-state index is 5.58. The number of hydrogen-bond donors (Lipinski definition) is 1. The molecule has 0 heterocycles. The molecule has 0 atom stereocenters. The van der Waals surface area contributed by atoms with Gasteiger partial charge in [0.15, 0.2) is 0 Å². The molecule has 0 aliphatic rings. The first-order valence-electron chi connectivity index (χ1n) is 3.97. The summed E-state index contributed by atoms with van der Waals surface area (Å²) in [6.45, 7) is 6.36. The number of rotatable bonds is 3. The Bertz CT molecular complexity index is 166. The highest BCUT2D eigenvalue weighted by atomic mass is 14.8. The highest BCUT2D eigenvalue weighted by Gasteiger charge is 1.94. The van der Waals surface area contributed by atoms with Gasteiger partial charge in [0.2, 0.25) is 0 Å². The quantitative estimate of drug-likeness (QED) is 0.490. The second-order valence-electron chi connectivity index (χ2n) is 3.13. The molecule has 0 radical (unpaired) electrons. The molecule has 0 aliphatic carbocycles. The molecule has 2 heteroatoms. The predicted octanol–water partition coefficient (Wildman–Crippen LogP) is 1.97. The second kappa shape index (κ2) is 4.94. The molecule has 0 rings (SSSR count). The molecule has 0 saturated heterocycles. The van der Waals surface area contributed by atoms with E-state index in [9.17, 15) is 0 Å². The molecule has 64 valence electrons. The molecule has 0 aliphatic heterocycles. The van der Waals surface area contributed by atoms with Crippen LogP contribution in [0.1, 0.15) is 27.2 Å². The number of allylic oxidation sites excluding steroid dienone is 1. The van der Waals surface area contributed by atoms with Crippen molar-refractivity contribution in [2.75, 3.05) is 7.05 Å². The third-order valence-corrected chi connectivity index (χ3v) is 1.54. The van der Waals surface area contributed by atoms with Crippen molar-refractivity contribution in [3.63, 3.8) is 0 Å². The van der Waals surface area contributed by atoms with Gasteiger partial charge in [-0.15, -0.1) is 0 Å². The Morgan fingerprint density at radius 1 is 1.55 bits per heavy atom. The molecule has 2 N–H and O–H groups in total. The molecule has 2 nitrogen and oxygen atoms in total. The van der Waals surface area contributed by atoms with E-state index in [1.165, 1.54) is 0 Å². The van der Waals surface area contributed by atoms with Crippen molar-refractivity contribution in [2.45, 2.75) is 27.2 Å². The van der Waals surface area contributed by atoms with Gasteiger partial charge in [0, 0.05) is 7.05 Å². The highest BCUT2D eigenvalue weighted by Crippen LogP contribution is 2.03. The van der Waals surface area contributed by atoms with E-state index in [0.717, 1.165) is 12.0 Å². The molecule has 0 bridgehead atoms. The van der Waals surface area contributed by atoms with Crippen molar-refractivity contribution >= 4 is 5.84 Å². The van der Waals surface area contributed by atoms with Crippen LogP contribution in [0.3, 0.4) is 0 Å². The second-order valence-corrected chi connectivity index (χ2v) is 3.13. The molecule has 0 unspecified atom stereocenters. The first kappa shape index (κ1) is 10.2. The summed E-state index contributed by atoms with van der Waals surface area (Å²) in [7, 11) is 1.71. The minimum absolute atomic E-state index is 0.644. The summed E-state index contributed by atoms with van der Waals surface area (Å²) in [6, 6.07) is 0. The summed E-state index contributed by atoms with van der Waals surface area (Å²) in [5.74, 6) is 1.33. The maximum Gasteiger partial charge on any atom is 0.120 e. The largest absolute Gasteiger partial charge is 0.384 e. The van der Waals surface area contributed by atoms with Crippen LogP contribution in [-0.4, -0.2) is 12.9 Å². The van der Waals surface area contributed by atoms with Crippen LogP contribution >= 0.6 is 0 Å². The first-order valence-corrected chi connectivity index (χ1v) is 3.97. The van der Waals surface area contributed by atoms with Crippen molar-refractivity contribution in [3.05, 3.63) is 11.6 Å². The van der Waals surface area contributed by atoms with Gasteiger partial charge in [-0.2, -0.15) is 0 Å². The molecule has 0 aromatic heterocycles. The third-order valence-electron chi connectivity index (χ3n) is 1.54. The van der Waals surface area contributed by atoms with E-state index in [-0.39, 0.29) is 0 Å². The molecule has 11 heavy (non-hydrogen) atoms. The maximum atomic E-state index is 5.58. The molecule has 0 aromatic rings. The van der Waals surface area contributed by atoms with E-state index in [0.29, 0.717) is 11.8 Å². The van der Waals surface area contributed by atoms with E-state index < -0.39 is 0 Å². The summed E-state index contributed by atoms with van der Waals surface area (Å²) in [5, 5.41) is 0. The molecule has 0 spiro atoms. The standard InChI is InChI=1S/C9H18N2/c1-7(2)5-6-8(3)9(10)11-4/h6-7H,5H2,1-4H3,(H2,10,11)/b8-6+. The van der Waals surface area contributed by atoms with Crippen LogP contribution in [0, 0.1) is 5.92 Å². The average molecular weight is 154 g/mol. The monoisotopic (exact) mass is 154 g/mol. The fourth-order valence-corrected chi connectivity index (χ4v) is 0.693. The number of nitrogens with zero attached hydrogens (tertiary/aromatic N) is 1. The Hall–Kier alpha value is -0.790. The van der Waals surface area contributed by atoms with Crippen LogP contribution in [-0.2, 0) is 0 Å². The Kier molecular flexibility index (Phi) is 4.59. The SMILES string of the molecule is C/N=C(N)\C(C)=C\CC(C)C. The van der Waals surface area contributed by atoms with Crippen LogP contribution < -0.4 is 5.73 Å². The minimum Gasteiger partial charge on any atom is -0.384 e. The zero-order valence-electron chi connectivity index (χ0n) is 7.89. The zero-order valence-corrected chi connectivity index (χ0v) is 7.89. The lowest BCUT2D eigenvalue weighted by Gasteiger charge is -2.01. The van der Waals surface area contributed by atoms with Gasteiger partial charge in [-0.1, -0.05) is 19.9 Å². The number of nitrogens with two attached hydrogens (primary N) is 1. The smallest absolute Gasteiger partial charge is 0.120 e. The Balaban J connectivity index is 4.01. The van der Waals surface area contributed by atoms with Crippen LogP contribution in [0.2, 0.25) is 0 Å². The summed E-state index contributed by atoms with van der Waals surface area (Å²) in [5.41, 5.74) is 6.67. The lowest BCUT2D eigenvalue weighted by molar-refractivity contribution is 0.662. The van der Waals surface area contributed by atoms with Gasteiger partial charge in [0.05, 0.1) is 0 Å². The van der Waals surface area contributed by atoms with E-state index in [2.05, 4.69) is 24.9 Å². The fraction of sp³-hybridized carbons (Fsp3) is 0.667. The Labute approximate surface area is 69.2 Å². The summed E-state index contributed by atoms with van der Waals surface area (Å²) in [4.78, 5) is 3.89. The van der Waals surface area contributed by atoms with Crippen molar-refractivity contribution in [3.8, 4) is 0 Å². The zero-order chi connectivity index (χ0) is 8.85. The van der Waals surface area contributed by atoms with Crippen LogP contribution in [0.5, 0.6) is 0 Å². The average Bonchev–Trinajstić information content (AvgIpc) is 1.98. The molecule has 0 saturated carbocycles. The van der Waals surface area contributed by atoms with Crippen molar-refractivity contribution in [2.24, 2.45) is 16.6 Å². The van der Waals surface area contributed by atoms with Gasteiger partial charge in [-0.05, 0) is 24.8 Å². The van der Waals surface area contributed by atoms with Gasteiger partial charge < -0.3 is 5.73 Å². The Morgan fingerprint density at radius 2 is 2.09 bits per heavy atom. The number of amidine groups is 1. The predicted molar refractivity (Wildman–Crippen MR) is 50.8 cm³/mol. The molecular weight excluding hydrogens is 136 g/mol. The summed E-state index contributed by atoms with van der Waals surface area (Å²) >= 11 is 0. The van der Waals surface area contributed by atoms with Crippen LogP contribution in [0.25, 0.3) is 0 Å². The topological polar surface area (TPSA) is 38.4 Å². The van der Waals surface area contributed by atoms with Crippen molar-refractivity contribution in [1.29, 1.82) is 0 Å². The van der Waals surface area contributed by atoms with Crippen molar-refractivity contribution in [1.82, 2.24) is 0 Å². The minimum atomic E-state index is 0.644. The molecule has 0 fully saturated rings. The van der Waals surface area contributed by atoms with Crippen LogP contribution in [0.15, 0.2) is 16.6 Å². The van der Waals surface area contributed by atoms with Gasteiger partial charge in [0.25, 0.3) is 0 Å². The number of hydrogen-bond acceptors (Lipinski definition) is 1. The summed E-state index contributed by atoms with van der Waals surface area (Å²) in [6.07, 6.45) is 3.20. The fourth-order valence-electron chi connectivity index (χ4n) is 0.693. The highest BCUT2D eigenvalue weighted by molar-refractivity contribution is 5.96. The van der Waals surface area contributed by atoms with E-state index in [1.807, 2.05) is 6.92 Å². The lowest BCUT2D eigenvalue weighted by Crippen LogP contribution is -2.12. The van der Waals surface area contributed by atoms with Gasteiger partial charge in [0.1, 0.15) is 5.84 Å². The molecule has 0 amide bonds. The molecular formula is C9H18N2. The third kappa shape index (κ3) is 4.59. The summed E-state index contributed by atoms with van der Waals surface area (Å²) < 4.78 is 0.